The number of aliphatic carboxylic acids is 1. The number of carbonyl (C=O) groups is 2. The number of amides is 1. The standard InChI is InChI=1S/C15H17N3O4S/c1-10-17-12-5-3-2-4-11(12)15(22)18(10)6-7-23-9-13(19)16-8-14(20)21/h2-5H,6-9H2,1H3,(H,16,19)(H,20,21). The highest BCUT2D eigenvalue weighted by molar-refractivity contribution is 7.99. The first-order valence-electron chi connectivity index (χ1n) is 7.01. The summed E-state index contributed by atoms with van der Waals surface area (Å²) in [7, 11) is 0. The molecule has 122 valence electrons. The van der Waals surface area contributed by atoms with Crippen LogP contribution in [0.25, 0.3) is 10.9 Å². The minimum atomic E-state index is -1.08. The molecule has 1 heterocycles. The van der Waals surface area contributed by atoms with Gasteiger partial charge in [-0.3, -0.25) is 19.0 Å². The summed E-state index contributed by atoms with van der Waals surface area (Å²) in [5.74, 6) is -0.0703. The second-order valence-corrected chi connectivity index (χ2v) is 5.96. The van der Waals surface area contributed by atoms with E-state index >= 15 is 0 Å². The third-order valence-corrected chi connectivity index (χ3v) is 4.12. The molecule has 8 heteroatoms. The van der Waals surface area contributed by atoms with E-state index in [2.05, 4.69) is 10.3 Å². The Labute approximate surface area is 136 Å². The van der Waals surface area contributed by atoms with Gasteiger partial charge in [0, 0.05) is 12.3 Å². The second-order valence-electron chi connectivity index (χ2n) is 4.86. The van der Waals surface area contributed by atoms with Gasteiger partial charge in [0.25, 0.3) is 5.56 Å². The van der Waals surface area contributed by atoms with Crippen molar-refractivity contribution in [3.05, 3.63) is 40.4 Å². The van der Waals surface area contributed by atoms with E-state index in [1.807, 2.05) is 6.07 Å². The van der Waals surface area contributed by atoms with Crippen molar-refractivity contribution in [1.29, 1.82) is 0 Å². The lowest BCUT2D eigenvalue weighted by Gasteiger charge is -2.10. The zero-order valence-corrected chi connectivity index (χ0v) is 13.4. The number of carbonyl (C=O) groups excluding carboxylic acids is 1. The summed E-state index contributed by atoms with van der Waals surface area (Å²) < 4.78 is 1.59. The summed E-state index contributed by atoms with van der Waals surface area (Å²) in [5.41, 5.74) is 0.580. The number of carboxylic acid groups (broad SMARTS) is 1. The van der Waals surface area contributed by atoms with Gasteiger partial charge < -0.3 is 10.4 Å². The lowest BCUT2D eigenvalue weighted by atomic mass is 10.2. The van der Waals surface area contributed by atoms with Gasteiger partial charge in [0.1, 0.15) is 12.4 Å². The number of rotatable bonds is 7. The SMILES string of the molecule is Cc1nc2ccccc2c(=O)n1CCSCC(=O)NCC(=O)O. The Kier molecular flexibility index (Phi) is 5.75. The number of aryl methyl sites for hydroxylation is 1. The molecule has 0 bridgehead atoms. The van der Waals surface area contributed by atoms with Crippen molar-refractivity contribution in [2.45, 2.75) is 13.5 Å². The molecule has 0 radical (unpaired) electrons. The van der Waals surface area contributed by atoms with Gasteiger partial charge in [-0.15, -0.1) is 0 Å². The molecule has 0 saturated carbocycles. The molecule has 7 nitrogen and oxygen atoms in total. The molecule has 0 fully saturated rings. The van der Waals surface area contributed by atoms with E-state index < -0.39 is 5.97 Å². The maximum atomic E-state index is 12.4. The average molecular weight is 335 g/mol. The number of aromatic nitrogens is 2. The Morgan fingerprint density at radius 3 is 2.83 bits per heavy atom. The van der Waals surface area contributed by atoms with Crippen LogP contribution in [0.4, 0.5) is 0 Å². The summed E-state index contributed by atoms with van der Waals surface area (Å²) in [6.45, 7) is 1.84. The van der Waals surface area contributed by atoms with Gasteiger partial charge in [0.15, 0.2) is 0 Å². The fraction of sp³-hybridized carbons (Fsp3) is 0.333. The molecule has 0 spiro atoms. The van der Waals surface area contributed by atoms with Gasteiger partial charge in [0.05, 0.1) is 16.7 Å². The highest BCUT2D eigenvalue weighted by Gasteiger charge is 2.08. The van der Waals surface area contributed by atoms with E-state index in [0.29, 0.717) is 29.0 Å². The summed E-state index contributed by atoms with van der Waals surface area (Å²) in [5, 5.41) is 11.3. The fourth-order valence-corrected chi connectivity index (χ4v) is 2.83. The van der Waals surface area contributed by atoms with Gasteiger partial charge >= 0.3 is 5.97 Å². The maximum absolute atomic E-state index is 12.4. The number of thioether (sulfide) groups is 1. The highest BCUT2D eigenvalue weighted by Crippen LogP contribution is 2.08. The van der Waals surface area contributed by atoms with Crippen LogP contribution in [0.5, 0.6) is 0 Å². The summed E-state index contributed by atoms with van der Waals surface area (Å²) >= 11 is 1.34. The first-order valence-corrected chi connectivity index (χ1v) is 8.17. The smallest absolute Gasteiger partial charge is 0.322 e. The first kappa shape index (κ1) is 17.0. The molecule has 2 aromatic rings. The number of para-hydroxylation sites is 1. The van der Waals surface area contributed by atoms with Crippen LogP contribution >= 0.6 is 11.8 Å². The van der Waals surface area contributed by atoms with E-state index in [0.717, 1.165) is 0 Å². The van der Waals surface area contributed by atoms with Gasteiger partial charge in [-0.05, 0) is 19.1 Å². The van der Waals surface area contributed by atoms with Crippen LogP contribution in [0.1, 0.15) is 5.82 Å². The molecular weight excluding hydrogens is 318 g/mol. The molecule has 0 aliphatic heterocycles. The molecule has 1 amide bonds. The minimum absolute atomic E-state index is 0.0935. The Bertz CT molecular complexity index is 788. The Balaban J connectivity index is 1.94. The van der Waals surface area contributed by atoms with Crippen molar-refractivity contribution < 1.29 is 14.7 Å². The van der Waals surface area contributed by atoms with E-state index in [1.54, 1.807) is 29.7 Å². The van der Waals surface area contributed by atoms with E-state index in [9.17, 15) is 14.4 Å². The molecule has 0 unspecified atom stereocenters. The van der Waals surface area contributed by atoms with Gasteiger partial charge in [0.2, 0.25) is 5.91 Å². The molecule has 23 heavy (non-hydrogen) atoms. The zero-order chi connectivity index (χ0) is 16.8. The van der Waals surface area contributed by atoms with Crippen LogP contribution in [-0.4, -0.2) is 44.6 Å². The van der Waals surface area contributed by atoms with Crippen molar-refractivity contribution in [2.75, 3.05) is 18.1 Å². The normalized spacial score (nSPS) is 10.7. The largest absolute Gasteiger partial charge is 0.480 e. The zero-order valence-electron chi connectivity index (χ0n) is 12.6. The number of hydrogen-bond acceptors (Lipinski definition) is 5. The van der Waals surface area contributed by atoms with Crippen LogP contribution in [-0.2, 0) is 16.1 Å². The maximum Gasteiger partial charge on any atom is 0.322 e. The van der Waals surface area contributed by atoms with Gasteiger partial charge in [-0.25, -0.2) is 4.98 Å². The Morgan fingerprint density at radius 1 is 1.35 bits per heavy atom. The quantitative estimate of drug-likeness (QED) is 0.720. The lowest BCUT2D eigenvalue weighted by Crippen LogP contribution is -2.31. The molecule has 0 aliphatic carbocycles. The van der Waals surface area contributed by atoms with E-state index in [4.69, 9.17) is 5.11 Å². The lowest BCUT2D eigenvalue weighted by molar-refractivity contribution is -0.137. The number of nitrogens with zero attached hydrogens (tertiary/aromatic N) is 2. The number of carboxylic acids is 1. The van der Waals surface area contributed by atoms with Crippen LogP contribution in [0.2, 0.25) is 0 Å². The molecule has 0 aliphatic rings. The Hall–Kier alpha value is -2.35. The van der Waals surface area contributed by atoms with Crippen LogP contribution < -0.4 is 10.9 Å². The molecule has 0 saturated heterocycles. The van der Waals surface area contributed by atoms with E-state index in [-0.39, 0.29) is 23.8 Å². The molecule has 1 aromatic carbocycles. The van der Waals surface area contributed by atoms with Crippen molar-refractivity contribution in [3.63, 3.8) is 0 Å². The van der Waals surface area contributed by atoms with Crippen molar-refractivity contribution in [3.8, 4) is 0 Å². The molecule has 1 aromatic heterocycles. The third-order valence-electron chi connectivity index (χ3n) is 3.18. The first-order chi connectivity index (χ1) is 11.0. The number of hydrogen-bond donors (Lipinski definition) is 2. The molecule has 2 rings (SSSR count). The predicted molar refractivity (Wildman–Crippen MR) is 88.7 cm³/mol. The summed E-state index contributed by atoms with van der Waals surface area (Å²) in [4.78, 5) is 38.6. The van der Waals surface area contributed by atoms with Crippen molar-refractivity contribution in [2.24, 2.45) is 0 Å². The van der Waals surface area contributed by atoms with Crippen LogP contribution in [0.3, 0.4) is 0 Å². The van der Waals surface area contributed by atoms with Crippen molar-refractivity contribution >= 4 is 34.5 Å². The monoisotopic (exact) mass is 335 g/mol. The summed E-state index contributed by atoms with van der Waals surface area (Å²) in [6.07, 6.45) is 0. The van der Waals surface area contributed by atoms with Crippen LogP contribution in [0.15, 0.2) is 29.1 Å². The Morgan fingerprint density at radius 2 is 2.09 bits per heavy atom. The molecule has 2 N–H and O–H groups in total. The average Bonchev–Trinajstić information content (AvgIpc) is 2.52. The summed E-state index contributed by atoms with van der Waals surface area (Å²) in [6, 6.07) is 7.18. The highest BCUT2D eigenvalue weighted by atomic mass is 32.2. The van der Waals surface area contributed by atoms with Gasteiger partial charge in [-0.1, -0.05) is 12.1 Å². The third kappa shape index (κ3) is 4.56. The topological polar surface area (TPSA) is 101 Å². The van der Waals surface area contributed by atoms with Crippen LogP contribution in [0, 0.1) is 6.92 Å². The van der Waals surface area contributed by atoms with Crippen molar-refractivity contribution in [1.82, 2.24) is 14.9 Å². The second kappa shape index (κ2) is 7.77. The number of fused-ring (bicyclic) bond motifs is 1. The number of benzene rings is 1. The molecular formula is C15H17N3O4S. The minimum Gasteiger partial charge on any atom is -0.480 e. The van der Waals surface area contributed by atoms with E-state index in [1.165, 1.54) is 11.8 Å². The number of nitrogens with one attached hydrogen (secondary N) is 1. The predicted octanol–water partition coefficient (Wildman–Crippen LogP) is 0.639. The fourth-order valence-electron chi connectivity index (χ4n) is 2.09. The van der Waals surface area contributed by atoms with Gasteiger partial charge in [-0.2, -0.15) is 11.8 Å². The molecule has 0 atom stereocenters.